The summed E-state index contributed by atoms with van der Waals surface area (Å²) in [5.41, 5.74) is 4.29. The first-order valence-electron chi connectivity index (χ1n) is 9.59. The molecule has 1 aliphatic carbocycles. The molecule has 4 rings (SSSR count). The van der Waals surface area contributed by atoms with E-state index in [0.29, 0.717) is 0 Å². The van der Waals surface area contributed by atoms with Crippen molar-refractivity contribution in [2.45, 2.75) is 44.9 Å². The maximum absolute atomic E-state index is 11.4. The van der Waals surface area contributed by atoms with Crippen molar-refractivity contribution in [3.05, 3.63) is 59.7 Å². The van der Waals surface area contributed by atoms with Crippen molar-refractivity contribution < 1.29 is 4.79 Å². The van der Waals surface area contributed by atoms with Gasteiger partial charge in [0.25, 0.3) is 0 Å². The molecular formula is C24H24N2OS. The number of rotatable bonds is 4. The zero-order chi connectivity index (χ0) is 19.9. The first kappa shape index (κ1) is 20.0. The predicted octanol–water partition coefficient (Wildman–Crippen LogP) is 6.37. The molecule has 3 nitrogen and oxygen atoms in total. The third-order valence-corrected chi connectivity index (χ3v) is 6.22. The molecule has 0 aliphatic heterocycles. The molecule has 1 saturated carbocycles. The Hall–Kier alpha value is -2.77. The van der Waals surface area contributed by atoms with Crippen LogP contribution in [0.5, 0.6) is 0 Å². The number of carbonyl (C=O) groups excluding carboxylic acids is 1. The van der Waals surface area contributed by atoms with Crippen LogP contribution in [0.3, 0.4) is 0 Å². The lowest BCUT2D eigenvalue weighted by Gasteiger charge is -2.21. The fraction of sp³-hybridized carbons (Fsp3) is 0.292. The lowest BCUT2D eigenvalue weighted by atomic mass is 9.84. The average molecular weight is 389 g/mol. The first-order chi connectivity index (χ1) is 13.7. The molecule has 142 valence electrons. The second-order valence-electron chi connectivity index (χ2n) is 7.00. The van der Waals surface area contributed by atoms with Crippen molar-refractivity contribution >= 4 is 17.1 Å². The molecule has 28 heavy (non-hydrogen) atoms. The Bertz CT molecular complexity index is 933. The molecule has 0 spiro atoms. The molecule has 2 aromatic carbocycles. The van der Waals surface area contributed by atoms with Gasteiger partial charge in [-0.1, -0.05) is 79.1 Å². The summed E-state index contributed by atoms with van der Waals surface area (Å²) in [6, 6.07) is 16.4. The molecule has 1 fully saturated rings. The van der Waals surface area contributed by atoms with Crippen molar-refractivity contribution in [2.75, 3.05) is 0 Å². The maximum Gasteiger partial charge on any atom is 0.159 e. The number of Topliss-reactive ketones (excluding diaryl/α,β-unsaturated/α-hetero) is 1. The van der Waals surface area contributed by atoms with Crippen LogP contribution in [0.4, 0.5) is 0 Å². The van der Waals surface area contributed by atoms with Crippen LogP contribution >= 0.6 is 11.3 Å². The van der Waals surface area contributed by atoms with Crippen LogP contribution in [-0.4, -0.2) is 16.0 Å². The summed E-state index contributed by atoms with van der Waals surface area (Å²) in [7, 11) is 0. The van der Waals surface area contributed by atoms with Crippen LogP contribution in [0.15, 0.2) is 48.5 Å². The van der Waals surface area contributed by atoms with Gasteiger partial charge in [-0.25, -0.2) is 0 Å². The molecular weight excluding hydrogens is 364 g/mol. The van der Waals surface area contributed by atoms with Gasteiger partial charge in [0.2, 0.25) is 0 Å². The van der Waals surface area contributed by atoms with Gasteiger partial charge in [-0.15, -0.1) is 23.0 Å². The molecule has 1 heterocycles. The quantitative estimate of drug-likeness (QED) is 0.385. The van der Waals surface area contributed by atoms with E-state index in [1.165, 1.54) is 37.7 Å². The summed E-state index contributed by atoms with van der Waals surface area (Å²) in [5, 5.41) is 10.5. The molecule has 0 unspecified atom stereocenters. The zero-order valence-electron chi connectivity index (χ0n) is 16.1. The maximum atomic E-state index is 11.4. The van der Waals surface area contributed by atoms with Crippen molar-refractivity contribution in [3.63, 3.8) is 0 Å². The molecule has 1 aromatic heterocycles. The van der Waals surface area contributed by atoms with Gasteiger partial charge in [0.1, 0.15) is 10.0 Å². The van der Waals surface area contributed by atoms with Crippen LogP contribution < -0.4 is 0 Å². The van der Waals surface area contributed by atoms with Crippen molar-refractivity contribution in [1.82, 2.24) is 10.2 Å². The number of hydrogen-bond donors (Lipinski definition) is 0. The fourth-order valence-electron chi connectivity index (χ4n) is 3.64. The highest BCUT2D eigenvalue weighted by atomic mass is 32.1. The average Bonchev–Trinajstić information content (AvgIpc) is 3.26. The highest BCUT2D eigenvalue weighted by Gasteiger charge is 2.16. The second kappa shape index (κ2) is 9.43. The monoisotopic (exact) mass is 388 g/mol. The van der Waals surface area contributed by atoms with E-state index in [1.54, 1.807) is 18.3 Å². The standard InChI is InChI=1S/C22H22N2OS.C2H2/c1-15(25)16-7-11-19(12-8-16)21-23-24-22(26-21)20-13-9-18(10-14-20)17-5-3-2-4-6-17;1-2/h7-14,17H,2-6H2,1H3;1-2H. The number of aromatic nitrogens is 2. The van der Waals surface area contributed by atoms with Crippen LogP contribution in [0.1, 0.15) is 60.9 Å². The third kappa shape index (κ3) is 4.55. The molecule has 4 heteroatoms. The van der Waals surface area contributed by atoms with Crippen LogP contribution in [0.25, 0.3) is 21.1 Å². The molecule has 0 saturated heterocycles. The van der Waals surface area contributed by atoms with Gasteiger partial charge in [-0.3, -0.25) is 4.79 Å². The Morgan fingerprint density at radius 1 is 0.857 bits per heavy atom. The summed E-state index contributed by atoms with van der Waals surface area (Å²) in [6.45, 7) is 1.58. The van der Waals surface area contributed by atoms with Gasteiger partial charge in [0, 0.05) is 16.7 Å². The van der Waals surface area contributed by atoms with Crippen molar-refractivity contribution in [1.29, 1.82) is 0 Å². The number of hydrogen-bond acceptors (Lipinski definition) is 4. The minimum atomic E-state index is 0.0764. The molecule has 3 aromatic rings. The van der Waals surface area contributed by atoms with Gasteiger partial charge in [-0.2, -0.15) is 0 Å². The smallest absolute Gasteiger partial charge is 0.159 e. The van der Waals surface area contributed by atoms with Crippen molar-refractivity contribution in [3.8, 4) is 34.0 Å². The summed E-state index contributed by atoms with van der Waals surface area (Å²) in [6.07, 6.45) is 14.7. The van der Waals surface area contributed by atoms with Gasteiger partial charge in [0.15, 0.2) is 5.78 Å². The number of benzene rings is 2. The fourth-order valence-corrected chi connectivity index (χ4v) is 4.49. The second-order valence-corrected chi connectivity index (χ2v) is 7.98. The van der Waals surface area contributed by atoms with E-state index in [9.17, 15) is 4.79 Å². The van der Waals surface area contributed by atoms with E-state index in [-0.39, 0.29) is 5.78 Å². The molecule has 0 bridgehead atoms. The largest absolute Gasteiger partial charge is 0.295 e. The topological polar surface area (TPSA) is 42.9 Å². The summed E-state index contributed by atoms with van der Waals surface area (Å²) in [4.78, 5) is 11.4. The summed E-state index contributed by atoms with van der Waals surface area (Å²) in [5.74, 6) is 0.801. The molecule has 0 N–H and O–H groups in total. The van der Waals surface area contributed by atoms with E-state index in [1.807, 2.05) is 24.3 Å². The Morgan fingerprint density at radius 3 is 1.86 bits per heavy atom. The van der Waals surface area contributed by atoms with E-state index in [4.69, 9.17) is 0 Å². The van der Waals surface area contributed by atoms with Gasteiger partial charge in [-0.05, 0) is 31.2 Å². The minimum Gasteiger partial charge on any atom is -0.295 e. The number of ketones is 1. The number of carbonyl (C=O) groups is 1. The third-order valence-electron chi connectivity index (χ3n) is 5.20. The highest BCUT2D eigenvalue weighted by Crippen LogP contribution is 2.35. The van der Waals surface area contributed by atoms with Crippen LogP contribution in [-0.2, 0) is 0 Å². The van der Waals surface area contributed by atoms with E-state index >= 15 is 0 Å². The van der Waals surface area contributed by atoms with Gasteiger partial charge in [0.05, 0.1) is 0 Å². The molecule has 1 aliphatic rings. The Labute approximate surface area is 170 Å². The van der Waals surface area contributed by atoms with Crippen LogP contribution in [0, 0.1) is 12.8 Å². The van der Waals surface area contributed by atoms with E-state index in [2.05, 4.69) is 47.3 Å². The van der Waals surface area contributed by atoms with Gasteiger partial charge >= 0.3 is 0 Å². The van der Waals surface area contributed by atoms with Gasteiger partial charge < -0.3 is 0 Å². The minimum absolute atomic E-state index is 0.0764. The zero-order valence-corrected chi connectivity index (χ0v) is 16.9. The Morgan fingerprint density at radius 2 is 1.36 bits per heavy atom. The molecule has 0 atom stereocenters. The summed E-state index contributed by atoms with van der Waals surface area (Å²) >= 11 is 1.59. The predicted molar refractivity (Wildman–Crippen MR) is 117 cm³/mol. The lowest BCUT2D eigenvalue weighted by molar-refractivity contribution is 0.101. The molecule has 0 amide bonds. The first-order valence-corrected chi connectivity index (χ1v) is 10.4. The Balaban J connectivity index is 0.00000109. The normalized spacial score (nSPS) is 14.1. The summed E-state index contributed by atoms with van der Waals surface area (Å²) < 4.78 is 0. The highest BCUT2D eigenvalue weighted by molar-refractivity contribution is 7.17. The number of terminal acetylenes is 1. The van der Waals surface area contributed by atoms with Crippen molar-refractivity contribution in [2.24, 2.45) is 0 Å². The SMILES string of the molecule is C#C.CC(=O)c1ccc(-c2nnc(-c3ccc(C4CCCCC4)cc3)s2)cc1. The Kier molecular flexibility index (Phi) is 6.73. The number of nitrogens with zero attached hydrogens (tertiary/aromatic N) is 2. The molecule has 0 radical (unpaired) electrons. The van der Waals surface area contributed by atoms with E-state index in [0.717, 1.165) is 32.6 Å². The van der Waals surface area contributed by atoms with Crippen LogP contribution in [0.2, 0.25) is 0 Å². The van der Waals surface area contributed by atoms with E-state index < -0.39 is 0 Å². The lowest BCUT2D eigenvalue weighted by Crippen LogP contribution is -2.04.